The van der Waals surface area contributed by atoms with Crippen molar-refractivity contribution in [2.24, 2.45) is 16.6 Å². The summed E-state index contributed by atoms with van der Waals surface area (Å²) >= 11 is 7.88. The fourth-order valence-electron chi connectivity index (χ4n) is 4.44. The number of amides is 2. The highest BCUT2D eigenvalue weighted by atomic mass is 35.5. The number of rotatable bonds is 7. The molecule has 1 aromatic heterocycles. The van der Waals surface area contributed by atoms with Crippen molar-refractivity contribution in [2.75, 3.05) is 19.7 Å². The molecule has 0 bridgehead atoms. The van der Waals surface area contributed by atoms with Crippen LogP contribution in [0.2, 0.25) is 5.02 Å². The average molecular weight is 550 g/mol. The van der Waals surface area contributed by atoms with E-state index >= 15 is 0 Å². The number of hydrogen-bond donors (Lipinski definition) is 1. The molecule has 2 amide bonds. The van der Waals surface area contributed by atoms with Gasteiger partial charge in [0.15, 0.2) is 5.17 Å². The molecule has 0 unspecified atom stereocenters. The van der Waals surface area contributed by atoms with Gasteiger partial charge in [0.1, 0.15) is 11.4 Å². The Morgan fingerprint density at radius 3 is 2.66 bits per heavy atom. The molecular weight excluding hydrogens is 522 g/mol. The molecule has 3 heterocycles. The van der Waals surface area contributed by atoms with Crippen LogP contribution in [0.3, 0.4) is 0 Å². The van der Waals surface area contributed by atoms with Crippen LogP contribution in [0.1, 0.15) is 31.7 Å². The summed E-state index contributed by atoms with van der Waals surface area (Å²) in [5.41, 5.74) is 8.63. The maximum absolute atomic E-state index is 12.9. The van der Waals surface area contributed by atoms with E-state index in [2.05, 4.69) is 4.99 Å². The van der Waals surface area contributed by atoms with E-state index in [0.29, 0.717) is 59.1 Å². The van der Waals surface area contributed by atoms with E-state index in [1.54, 1.807) is 4.68 Å². The van der Waals surface area contributed by atoms with Gasteiger partial charge in [-0.1, -0.05) is 36.7 Å². The normalized spacial score (nSPS) is 17.2. The van der Waals surface area contributed by atoms with Crippen LogP contribution in [-0.2, 0) is 9.59 Å². The van der Waals surface area contributed by atoms with E-state index < -0.39 is 0 Å². The van der Waals surface area contributed by atoms with Crippen LogP contribution in [-0.4, -0.2) is 51.4 Å². The molecule has 0 saturated carbocycles. The highest BCUT2D eigenvalue weighted by Gasteiger charge is 2.31. The fourth-order valence-corrected chi connectivity index (χ4v) is 5.63. The van der Waals surface area contributed by atoms with Gasteiger partial charge in [-0.2, -0.15) is 10.1 Å². The van der Waals surface area contributed by atoms with Gasteiger partial charge in [-0.25, -0.2) is 4.68 Å². The molecule has 38 heavy (non-hydrogen) atoms. The lowest BCUT2D eigenvalue weighted by atomic mass is 9.97. The Hall–Kier alpha value is -3.56. The zero-order valence-electron chi connectivity index (χ0n) is 21.0. The number of hydrogen-bond acceptors (Lipinski definition) is 6. The van der Waals surface area contributed by atoms with Gasteiger partial charge >= 0.3 is 0 Å². The number of primary amides is 1. The molecular formula is C28H28ClN5O3S. The minimum atomic E-state index is -0.290. The summed E-state index contributed by atoms with van der Waals surface area (Å²) in [5.74, 6) is -0.0580. The third-order valence-corrected chi connectivity index (χ3v) is 7.83. The summed E-state index contributed by atoms with van der Waals surface area (Å²) in [6, 6.07) is 15.4. The van der Waals surface area contributed by atoms with Crippen LogP contribution in [0.15, 0.2) is 64.6 Å². The molecule has 1 fully saturated rings. The second kappa shape index (κ2) is 11.4. The average Bonchev–Trinajstić information content (AvgIpc) is 3.52. The SMILES string of the molecule is CCCOc1ccc(-c2nn(-c3ccccc3)cc2C=C2SC(N3CCC(C(N)=O)CC3)=NC2=O)cc1Cl. The number of carbonyl (C=O) groups excluding carboxylic acids is 2. The predicted octanol–water partition coefficient (Wildman–Crippen LogP) is 5.15. The summed E-state index contributed by atoms with van der Waals surface area (Å²) in [4.78, 5) is 31.3. The minimum Gasteiger partial charge on any atom is -0.492 e. The van der Waals surface area contributed by atoms with Gasteiger partial charge in [-0.3, -0.25) is 9.59 Å². The summed E-state index contributed by atoms with van der Waals surface area (Å²) in [5, 5.41) is 6.00. The van der Waals surface area contributed by atoms with E-state index in [-0.39, 0.29) is 17.7 Å². The lowest BCUT2D eigenvalue weighted by molar-refractivity contribution is -0.123. The first kappa shape index (κ1) is 26.1. The van der Waals surface area contributed by atoms with Crippen molar-refractivity contribution >= 4 is 46.4 Å². The van der Waals surface area contributed by atoms with Crippen LogP contribution in [0.25, 0.3) is 23.0 Å². The van der Waals surface area contributed by atoms with Gasteiger partial charge in [0.05, 0.1) is 22.2 Å². The Morgan fingerprint density at radius 1 is 1.21 bits per heavy atom. The van der Waals surface area contributed by atoms with Gasteiger partial charge < -0.3 is 15.4 Å². The Balaban J connectivity index is 1.44. The topological polar surface area (TPSA) is 103 Å². The molecule has 2 N–H and O–H groups in total. The van der Waals surface area contributed by atoms with E-state index in [1.165, 1.54) is 11.8 Å². The van der Waals surface area contributed by atoms with Crippen LogP contribution in [0.5, 0.6) is 5.75 Å². The van der Waals surface area contributed by atoms with Crippen molar-refractivity contribution in [3.63, 3.8) is 0 Å². The largest absolute Gasteiger partial charge is 0.492 e. The molecule has 0 radical (unpaired) electrons. The lowest BCUT2D eigenvalue weighted by Gasteiger charge is -2.31. The van der Waals surface area contributed by atoms with Crippen LogP contribution in [0, 0.1) is 5.92 Å². The molecule has 10 heteroatoms. The number of nitrogens with two attached hydrogens (primary N) is 1. The smallest absolute Gasteiger partial charge is 0.286 e. The molecule has 2 aromatic carbocycles. The maximum Gasteiger partial charge on any atom is 0.286 e. The maximum atomic E-state index is 12.9. The highest BCUT2D eigenvalue weighted by molar-refractivity contribution is 8.18. The van der Waals surface area contributed by atoms with E-state index in [1.807, 2.05) is 72.6 Å². The van der Waals surface area contributed by atoms with Crippen molar-refractivity contribution in [3.8, 4) is 22.7 Å². The molecule has 0 atom stereocenters. The Bertz CT molecular complexity index is 1410. The summed E-state index contributed by atoms with van der Waals surface area (Å²) in [6.45, 7) is 3.91. The summed E-state index contributed by atoms with van der Waals surface area (Å²) < 4.78 is 7.52. The molecule has 2 aliphatic rings. The number of piperidine rings is 1. The third kappa shape index (κ3) is 5.63. The van der Waals surface area contributed by atoms with Crippen molar-refractivity contribution in [3.05, 3.63) is 70.2 Å². The van der Waals surface area contributed by atoms with Crippen LogP contribution < -0.4 is 10.5 Å². The van der Waals surface area contributed by atoms with Crippen molar-refractivity contribution < 1.29 is 14.3 Å². The van der Waals surface area contributed by atoms with Crippen molar-refractivity contribution in [1.82, 2.24) is 14.7 Å². The number of benzene rings is 2. The number of likely N-dealkylation sites (tertiary alicyclic amines) is 1. The van der Waals surface area contributed by atoms with Gasteiger partial charge in [-0.05, 0) is 67.4 Å². The minimum absolute atomic E-state index is 0.124. The number of carbonyl (C=O) groups is 2. The molecule has 5 rings (SSSR count). The Labute approximate surface area is 230 Å². The van der Waals surface area contributed by atoms with Gasteiger partial charge in [0.2, 0.25) is 5.91 Å². The molecule has 8 nitrogen and oxygen atoms in total. The first-order valence-electron chi connectivity index (χ1n) is 12.6. The van der Waals surface area contributed by atoms with Gasteiger partial charge in [0, 0.05) is 36.3 Å². The Morgan fingerprint density at radius 2 is 1.97 bits per heavy atom. The molecule has 3 aromatic rings. The van der Waals surface area contributed by atoms with E-state index in [9.17, 15) is 9.59 Å². The number of thioether (sulfide) groups is 1. The van der Waals surface area contributed by atoms with Crippen LogP contribution >= 0.6 is 23.4 Å². The first-order valence-corrected chi connectivity index (χ1v) is 13.8. The zero-order chi connectivity index (χ0) is 26.6. The Kier molecular flexibility index (Phi) is 7.85. The number of ether oxygens (including phenoxy) is 1. The lowest BCUT2D eigenvalue weighted by Crippen LogP contribution is -2.40. The van der Waals surface area contributed by atoms with E-state index in [0.717, 1.165) is 23.2 Å². The second-order valence-electron chi connectivity index (χ2n) is 9.18. The van der Waals surface area contributed by atoms with Gasteiger partial charge in [-0.15, -0.1) is 0 Å². The number of nitrogens with zero attached hydrogens (tertiary/aromatic N) is 4. The van der Waals surface area contributed by atoms with Crippen LogP contribution in [0.4, 0.5) is 0 Å². The number of aromatic nitrogens is 2. The highest BCUT2D eigenvalue weighted by Crippen LogP contribution is 2.36. The summed E-state index contributed by atoms with van der Waals surface area (Å²) in [6.07, 6.45) is 5.94. The zero-order valence-corrected chi connectivity index (χ0v) is 22.5. The molecule has 196 valence electrons. The number of para-hydroxylation sites is 1. The summed E-state index contributed by atoms with van der Waals surface area (Å²) in [7, 11) is 0. The molecule has 1 saturated heterocycles. The first-order chi connectivity index (χ1) is 18.4. The molecule has 2 aliphatic heterocycles. The fraction of sp³-hybridized carbons (Fsp3) is 0.286. The molecule has 0 aliphatic carbocycles. The monoisotopic (exact) mass is 549 g/mol. The quantitative estimate of drug-likeness (QED) is 0.409. The number of aliphatic imine (C=N–C) groups is 1. The van der Waals surface area contributed by atoms with Gasteiger partial charge in [0.25, 0.3) is 5.91 Å². The number of amidine groups is 1. The second-order valence-corrected chi connectivity index (χ2v) is 10.6. The standard InChI is InChI=1S/C28H28ClN5O3S/c1-2-14-37-23-9-8-19(15-22(23)29)25-20(17-34(32-25)21-6-4-3-5-7-21)16-24-27(36)31-28(38-24)33-12-10-18(11-13-33)26(30)35/h3-9,15-18H,2,10-14H2,1H3,(H2,30,35). The molecule has 0 spiro atoms. The van der Waals surface area contributed by atoms with E-state index in [4.69, 9.17) is 27.2 Å². The number of halogens is 1. The van der Waals surface area contributed by atoms with Crippen molar-refractivity contribution in [1.29, 1.82) is 0 Å². The predicted molar refractivity (Wildman–Crippen MR) is 151 cm³/mol. The van der Waals surface area contributed by atoms with Crippen molar-refractivity contribution in [2.45, 2.75) is 26.2 Å². The third-order valence-electron chi connectivity index (χ3n) is 6.49.